The first-order valence-corrected chi connectivity index (χ1v) is 5.50. The third-order valence-electron chi connectivity index (χ3n) is 1.94. The summed E-state index contributed by atoms with van der Waals surface area (Å²) in [5, 5.41) is 3.28. The van der Waals surface area contributed by atoms with E-state index < -0.39 is 0 Å². The average Bonchev–Trinajstić information content (AvgIpc) is 2.28. The molecule has 1 aromatic heterocycles. The van der Waals surface area contributed by atoms with Gasteiger partial charge in [-0.25, -0.2) is 4.98 Å². The molecule has 1 rings (SSSR count). The van der Waals surface area contributed by atoms with Gasteiger partial charge in [-0.2, -0.15) is 0 Å². The van der Waals surface area contributed by atoms with Gasteiger partial charge in [0.2, 0.25) is 5.88 Å². The molecule has 0 aliphatic rings. The van der Waals surface area contributed by atoms with E-state index in [0.717, 1.165) is 12.2 Å². The summed E-state index contributed by atoms with van der Waals surface area (Å²) in [5.41, 5.74) is 0.923. The molecular weight excluding hydrogens is 202 g/mol. The number of nitrogens with one attached hydrogen (secondary N) is 1. The summed E-state index contributed by atoms with van der Waals surface area (Å²) in [5.74, 6) is 0.561. The predicted molar refractivity (Wildman–Crippen MR) is 64.3 cm³/mol. The van der Waals surface area contributed by atoms with Crippen molar-refractivity contribution in [2.75, 3.05) is 6.61 Å². The Kier molecular flexibility index (Phi) is 5.50. The maximum absolute atomic E-state index is 5.35. The molecule has 0 fully saturated rings. The molecule has 0 aliphatic carbocycles. The van der Waals surface area contributed by atoms with E-state index in [4.69, 9.17) is 4.74 Å². The number of ether oxygens (including phenoxy) is 1. The van der Waals surface area contributed by atoms with E-state index in [-0.39, 0.29) is 0 Å². The zero-order valence-electron chi connectivity index (χ0n) is 10.1. The van der Waals surface area contributed by atoms with Crippen LogP contribution in [0.1, 0.15) is 26.5 Å². The van der Waals surface area contributed by atoms with Crippen molar-refractivity contribution in [1.82, 2.24) is 15.3 Å². The summed E-state index contributed by atoms with van der Waals surface area (Å²) in [7, 11) is 0. The summed E-state index contributed by atoms with van der Waals surface area (Å²) in [6.07, 6.45) is 7.26. The van der Waals surface area contributed by atoms with Crippen LogP contribution in [0.5, 0.6) is 5.88 Å². The van der Waals surface area contributed by atoms with Gasteiger partial charge in [-0.1, -0.05) is 26.0 Å². The normalized spacial score (nSPS) is 11.2. The molecule has 4 heteroatoms. The molecule has 1 heterocycles. The van der Waals surface area contributed by atoms with Crippen molar-refractivity contribution >= 4 is 0 Å². The van der Waals surface area contributed by atoms with E-state index in [0.29, 0.717) is 18.5 Å². The zero-order chi connectivity index (χ0) is 11.8. The zero-order valence-corrected chi connectivity index (χ0v) is 10.1. The standard InChI is InChI=1S/C12H19N3O/c1-4-5-6-16-12-9-14-11(8-15-12)7-13-10(2)3/h4-5,8-10,13H,6-7H2,1-3H3/b5-4+. The number of allylic oxidation sites excluding steroid dienone is 1. The SMILES string of the molecule is C/C=C/COc1cnc(CNC(C)C)cn1. The third kappa shape index (κ3) is 4.89. The minimum atomic E-state index is 0.451. The Bertz CT molecular complexity index is 320. The van der Waals surface area contributed by atoms with Gasteiger partial charge in [0.25, 0.3) is 0 Å². The lowest BCUT2D eigenvalue weighted by atomic mass is 10.3. The summed E-state index contributed by atoms with van der Waals surface area (Å²) in [4.78, 5) is 8.43. The number of hydrogen-bond donors (Lipinski definition) is 1. The first kappa shape index (κ1) is 12.6. The lowest BCUT2D eigenvalue weighted by Gasteiger charge is -2.07. The topological polar surface area (TPSA) is 47.0 Å². The molecule has 88 valence electrons. The van der Waals surface area contributed by atoms with Crippen LogP contribution in [-0.4, -0.2) is 22.6 Å². The average molecular weight is 221 g/mol. The summed E-state index contributed by atoms with van der Waals surface area (Å²) in [6.45, 7) is 7.42. The van der Waals surface area contributed by atoms with Crippen LogP contribution in [-0.2, 0) is 6.54 Å². The van der Waals surface area contributed by atoms with E-state index in [1.807, 2.05) is 19.1 Å². The smallest absolute Gasteiger partial charge is 0.232 e. The van der Waals surface area contributed by atoms with E-state index in [1.165, 1.54) is 0 Å². The fraction of sp³-hybridized carbons (Fsp3) is 0.500. The number of rotatable bonds is 6. The van der Waals surface area contributed by atoms with E-state index >= 15 is 0 Å². The molecule has 0 unspecified atom stereocenters. The van der Waals surface area contributed by atoms with Crippen LogP contribution in [0.3, 0.4) is 0 Å². The molecule has 0 aromatic carbocycles. The highest BCUT2D eigenvalue weighted by Gasteiger charge is 1.98. The van der Waals surface area contributed by atoms with Gasteiger partial charge in [0, 0.05) is 12.6 Å². The second-order valence-corrected chi connectivity index (χ2v) is 3.76. The summed E-state index contributed by atoms with van der Waals surface area (Å²) >= 11 is 0. The van der Waals surface area contributed by atoms with Crippen molar-refractivity contribution in [2.24, 2.45) is 0 Å². The first-order chi connectivity index (χ1) is 7.72. The maximum Gasteiger partial charge on any atom is 0.232 e. The third-order valence-corrected chi connectivity index (χ3v) is 1.94. The number of nitrogens with zero attached hydrogens (tertiary/aromatic N) is 2. The molecule has 0 bridgehead atoms. The second-order valence-electron chi connectivity index (χ2n) is 3.76. The fourth-order valence-electron chi connectivity index (χ4n) is 1.05. The second kappa shape index (κ2) is 6.95. The van der Waals surface area contributed by atoms with Crippen LogP contribution in [0, 0.1) is 0 Å². The molecular formula is C12H19N3O. The van der Waals surface area contributed by atoms with Gasteiger partial charge < -0.3 is 10.1 Å². The van der Waals surface area contributed by atoms with Crippen LogP contribution in [0.15, 0.2) is 24.5 Å². The van der Waals surface area contributed by atoms with Gasteiger partial charge >= 0.3 is 0 Å². The van der Waals surface area contributed by atoms with Gasteiger partial charge in [0.15, 0.2) is 0 Å². The van der Waals surface area contributed by atoms with E-state index in [9.17, 15) is 0 Å². The van der Waals surface area contributed by atoms with Crippen molar-refractivity contribution in [1.29, 1.82) is 0 Å². The molecule has 16 heavy (non-hydrogen) atoms. The van der Waals surface area contributed by atoms with Gasteiger partial charge in [-0.05, 0) is 6.92 Å². The predicted octanol–water partition coefficient (Wildman–Crippen LogP) is 1.93. The van der Waals surface area contributed by atoms with E-state index in [2.05, 4.69) is 29.1 Å². The van der Waals surface area contributed by atoms with Crippen LogP contribution >= 0.6 is 0 Å². The van der Waals surface area contributed by atoms with E-state index in [1.54, 1.807) is 12.4 Å². The van der Waals surface area contributed by atoms with Crippen molar-refractivity contribution < 1.29 is 4.74 Å². The first-order valence-electron chi connectivity index (χ1n) is 5.50. The lowest BCUT2D eigenvalue weighted by molar-refractivity contribution is 0.346. The molecule has 1 aromatic rings. The summed E-state index contributed by atoms with van der Waals surface area (Å²) < 4.78 is 5.35. The van der Waals surface area contributed by atoms with Crippen molar-refractivity contribution in [2.45, 2.75) is 33.4 Å². The molecule has 0 atom stereocenters. The lowest BCUT2D eigenvalue weighted by Crippen LogP contribution is -2.22. The van der Waals surface area contributed by atoms with Gasteiger partial charge in [0.05, 0.1) is 18.1 Å². The highest BCUT2D eigenvalue weighted by molar-refractivity contribution is 5.07. The van der Waals surface area contributed by atoms with Crippen LogP contribution < -0.4 is 10.1 Å². The highest BCUT2D eigenvalue weighted by atomic mass is 16.5. The molecule has 0 amide bonds. The molecule has 1 N–H and O–H groups in total. The Morgan fingerprint density at radius 1 is 1.38 bits per heavy atom. The number of hydrogen-bond acceptors (Lipinski definition) is 4. The Hall–Kier alpha value is -1.42. The minimum Gasteiger partial charge on any atom is -0.472 e. The van der Waals surface area contributed by atoms with Crippen LogP contribution in [0.4, 0.5) is 0 Å². The van der Waals surface area contributed by atoms with Gasteiger partial charge in [-0.3, -0.25) is 4.98 Å². The van der Waals surface area contributed by atoms with Gasteiger partial charge in [0.1, 0.15) is 6.61 Å². The van der Waals surface area contributed by atoms with Gasteiger partial charge in [-0.15, -0.1) is 0 Å². The maximum atomic E-state index is 5.35. The van der Waals surface area contributed by atoms with Crippen molar-refractivity contribution in [3.8, 4) is 5.88 Å². The van der Waals surface area contributed by atoms with Crippen LogP contribution in [0.25, 0.3) is 0 Å². The van der Waals surface area contributed by atoms with Crippen molar-refractivity contribution in [3.05, 3.63) is 30.2 Å². The quantitative estimate of drug-likeness (QED) is 0.746. The molecule has 0 saturated carbocycles. The Morgan fingerprint density at radius 2 is 2.19 bits per heavy atom. The molecule has 0 saturated heterocycles. The monoisotopic (exact) mass is 221 g/mol. The Balaban J connectivity index is 2.41. The minimum absolute atomic E-state index is 0.451. The molecule has 0 aliphatic heterocycles. The van der Waals surface area contributed by atoms with Crippen molar-refractivity contribution in [3.63, 3.8) is 0 Å². The van der Waals surface area contributed by atoms with Crippen LogP contribution in [0.2, 0.25) is 0 Å². The fourth-order valence-corrected chi connectivity index (χ4v) is 1.05. The summed E-state index contributed by atoms with van der Waals surface area (Å²) in [6, 6.07) is 0.451. The highest BCUT2D eigenvalue weighted by Crippen LogP contribution is 2.03. The Morgan fingerprint density at radius 3 is 2.75 bits per heavy atom. The number of aromatic nitrogens is 2. The molecule has 0 radical (unpaired) electrons. The largest absolute Gasteiger partial charge is 0.472 e. The molecule has 0 spiro atoms. The Labute approximate surface area is 96.8 Å². The molecule has 4 nitrogen and oxygen atoms in total.